The van der Waals surface area contributed by atoms with Gasteiger partial charge in [0.2, 0.25) is 5.41 Å². The molecule has 0 aliphatic carbocycles. The summed E-state index contributed by atoms with van der Waals surface area (Å²) in [6, 6.07) is 14.9. The molecular formula is C21H18O7. The molecule has 1 heterocycles. The third-order valence-electron chi connectivity index (χ3n) is 4.53. The van der Waals surface area contributed by atoms with Crippen molar-refractivity contribution >= 4 is 23.7 Å². The first-order valence-corrected chi connectivity index (χ1v) is 8.35. The van der Waals surface area contributed by atoms with Gasteiger partial charge in [0, 0.05) is 11.1 Å². The molecule has 1 aliphatic rings. The van der Waals surface area contributed by atoms with Crippen LogP contribution in [0.1, 0.15) is 11.1 Å². The highest BCUT2D eigenvalue weighted by Crippen LogP contribution is 2.48. The molecule has 28 heavy (non-hydrogen) atoms. The van der Waals surface area contributed by atoms with Gasteiger partial charge in [-0.3, -0.25) is 4.79 Å². The molecule has 1 aliphatic heterocycles. The van der Waals surface area contributed by atoms with Gasteiger partial charge in [-0.05, 0) is 6.07 Å². The van der Waals surface area contributed by atoms with Crippen molar-refractivity contribution in [3.8, 4) is 5.75 Å². The van der Waals surface area contributed by atoms with E-state index < -0.39 is 23.3 Å². The van der Waals surface area contributed by atoms with Crippen LogP contribution in [0.5, 0.6) is 5.75 Å². The average molecular weight is 382 g/mol. The number of hydrogen-bond donors (Lipinski definition) is 0. The van der Waals surface area contributed by atoms with Crippen molar-refractivity contribution in [2.75, 3.05) is 21.3 Å². The van der Waals surface area contributed by atoms with E-state index in [2.05, 4.69) is 0 Å². The van der Waals surface area contributed by atoms with Gasteiger partial charge in [0.25, 0.3) is 0 Å². The summed E-state index contributed by atoms with van der Waals surface area (Å²) in [4.78, 5) is 38.9. The van der Waals surface area contributed by atoms with Crippen LogP contribution in [0.4, 0.5) is 0 Å². The third kappa shape index (κ3) is 2.72. The minimum absolute atomic E-state index is 0.0613. The normalized spacial score (nSPS) is 18.5. The molecule has 0 spiro atoms. The minimum atomic E-state index is -2.18. The molecule has 2 aromatic carbocycles. The van der Waals surface area contributed by atoms with Crippen LogP contribution in [-0.4, -0.2) is 39.2 Å². The van der Waals surface area contributed by atoms with Crippen LogP contribution < -0.4 is 4.74 Å². The highest BCUT2D eigenvalue weighted by Gasteiger charge is 2.63. The molecule has 0 radical (unpaired) electrons. The minimum Gasteiger partial charge on any atom is -0.496 e. The molecule has 0 saturated heterocycles. The van der Waals surface area contributed by atoms with Gasteiger partial charge >= 0.3 is 17.9 Å². The average Bonchev–Trinajstić information content (AvgIpc) is 3.06. The largest absolute Gasteiger partial charge is 0.496 e. The van der Waals surface area contributed by atoms with Crippen molar-refractivity contribution in [2.45, 2.75) is 5.41 Å². The molecule has 144 valence electrons. The van der Waals surface area contributed by atoms with E-state index in [1.165, 1.54) is 13.2 Å². The predicted octanol–water partition coefficient (Wildman–Crippen LogP) is 2.25. The van der Waals surface area contributed by atoms with E-state index in [1.807, 2.05) is 0 Å². The SMILES string of the molecule is COC(=O)C1=C(c2ccccc2)OC(=O)C1(C(=O)OC)c1ccccc1OC. The van der Waals surface area contributed by atoms with E-state index in [-0.39, 0.29) is 22.6 Å². The zero-order chi connectivity index (χ0) is 20.3. The van der Waals surface area contributed by atoms with Crippen molar-refractivity contribution in [3.05, 3.63) is 71.3 Å². The quantitative estimate of drug-likeness (QED) is 0.445. The number of cyclic esters (lactones) is 1. The molecule has 0 amide bonds. The van der Waals surface area contributed by atoms with Gasteiger partial charge in [-0.2, -0.15) is 0 Å². The summed E-state index contributed by atoms with van der Waals surface area (Å²) in [5, 5.41) is 0. The van der Waals surface area contributed by atoms with Crippen molar-refractivity contribution in [1.29, 1.82) is 0 Å². The molecule has 0 N–H and O–H groups in total. The van der Waals surface area contributed by atoms with Gasteiger partial charge in [-0.25, -0.2) is 9.59 Å². The highest BCUT2D eigenvalue weighted by atomic mass is 16.6. The number of hydrogen-bond acceptors (Lipinski definition) is 7. The fourth-order valence-corrected chi connectivity index (χ4v) is 3.28. The molecule has 1 unspecified atom stereocenters. The van der Waals surface area contributed by atoms with Crippen molar-refractivity contribution in [3.63, 3.8) is 0 Å². The molecule has 1 atom stereocenters. The summed E-state index contributed by atoms with van der Waals surface area (Å²) >= 11 is 0. The topological polar surface area (TPSA) is 88.1 Å². The fraction of sp³-hybridized carbons (Fsp3) is 0.190. The third-order valence-corrected chi connectivity index (χ3v) is 4.53. The number of esters is 3. The van der Waals surface area contributed by atoms with Crippen LogP contribution in [0.15, 0.2) is 60.2 Å². The smallest absolute Gasteiger partial charge is 0.339 e. The van der Waals surface area contributed by atoms with Gasteiger partial charge in [0.1, 0.15) is 11.3 Å². The van der Waals surface area contributed by atoms with Crippen LogP contribution in [0.2, 0.25) is 0 Å². The maximum Gasteiger partial charge on any atom is 0.339 e. The monoisotopic (exact) mass is 382 g/mol. The Labute approximate surface area is 161 Å². The van der Waals surface area contributed by atoms with Gasteiger partial charge in [0.15, 0.2) is 5.76 Å². The Balaban J connectivity index is 2.43. The van der Waals surface area contributed by atoms with Crippen molar-refractivity contribution in [1.82, 2.24) is 0 Å². The second kappa shape index (κ2) is 7.56. The Hall–Kier alpha value is -3.61. The van der Waals surface area contributed by atoms with Crippen LogP contribution in [0.25, 0.3) is 5.76 Å². The van der Waals surface area contributed by atoms with Crippen molar-refractivity contribution in [2.24, 2.45) is 0 Å². The Morgan fingerprint density at radius 1 is 0.893 bits per heavy atom. The Kier molecular flexibility index (Phi) is 5.17. The summed E-state index contributed by atoms with van der Waals surface area (Å²) in [5.41, 5.74) is -1.88. The van der Waals surface area contributed by atoms with E-state index >= 15 is 0 Å². The zero-order valence-corrected chi connectivity index (χ0v) is 15.6. The van der Waals surface area contributed by atoms with Gasteiger partial charge in [-0.1, -0.05) is 48.5 Å². The van der Waals surface area contributed by atoms with E-state index in [0.29, 0.717) is 5.56 Å². The maximum atomic E-state index is 13.2. The molecule has 0 aromatic heterocycles. The highest BCUT2D eigenvalue weighted by molar-refractivity contribution is 6.24. The van der Waals surface area contributed by atoms with Crippen molar-refractivity contribution < 1.29 is 33.3 Å². The molecule has 3 rings (SSSR count). The zero-order valence-electron chi connectivity index (χ0n) is 15.6. The number of para-hydroxylation sites is 1. The molecule has 7 heteroatoms. The van der Waals surface area contributed by atoms with Crippen LogP contribution in [0.3, 0.4) is 0 Å². The Bertz CT molecular complexity index is 962. The summed E-state index contributed by atoms with van der Waals surface area (Å²) in [5.74, 6) is -2.67. The van der Waals surface area contributed by atoms with Crippen LogP contribution in [-0.2, 0) is 34.0 Å². The lowest BCUT2D eigenvalue weighted by molar-refractivity contribution is -0.157. The maximum absolute atomic E-state index is 13.2. The summed E-state index contributed by atoms with van der Waals surface area (Å²) in [6.07, 6.45) is 0. The van der Waals surface area contributed by atoms with Gasteiger partial charge < -0.3 is 18.9 Å². The Morgan fingerprint density at radius 3 is 2.14 bits per heavy atom. The lowest BCUT2D eigenvalue weighted by Gasteiger charge is -2.26. The fourth-order valence-electron chi connectivity index (χ4n) is 3.28. The first kappa shape index (κ1) is 19.2. The second-order valence-electron chi connectivity index (χ2n) is 5.89. The summed E-state index contributed by atoms with van der Waals surface area (Å²) in [7, 11) is 3.68. The molecular weight excluding hydrogens is 364 g/mol. The second-order valence-corrected chi connectivity index (χ2v) is 5.89. The van der Waals surface area contributed by atoms with E-state index in [1.54, 1.807) is 48.5 Å². The molecule has 0 saturated carbocycles. The van der Waals surface area contributed by atoms with Gasteiger partial charge in [-0.15, -0.1) is 0 Å². The van der Waals surface area contributed by atoms with Crippen LogP contribution in [0, 0.1) is 0 Å². The molecule has 2 aromatic rings. The summed E-state index contributed by atoms with van der Waals surface area (Å²) < 4.78 is 20.6. The van der Waals surface area contributed by atoms with E-state index in [9.17, 15) is 14.4 Å². The number of rotatable bonds is 5. The number of carbonyl (C=O) groups excluding carboxylic acids is 3. The lowest BCUT2D eigenvalue weighted by Crippen LogP contribution is -2.46. The van der Waals surface area contributed by atoms with Crippen LogP contribution >= 0.6 is 0 Å². The molecule has 7 nitrogen and oxygen atoms in total. The first-order valence-electron chi connectivity index (χ1n) is 8.35. The van der Waals surface area contributed by atoms with Gasteiger partial charge in [0.05, 0.1) is 21.3 Å². The lowest BCUT2D eigenvalue weighted by atomic mass is 9.73. The number of methoxy groups -OCH3 is 3. The standard InChI is InChI=1S/C21H18O7/c1-25-15-12-8-7-11-14(15)21(19(23)27-3)16(18(22)26-2)17(28-20(21)24)13-9-5-4-6-10-13/h4-12H,1-3H3. The van der Waals surface area contributed by atoms with E-state index in [0.717, 1.165) is 14.2 Å². The molecule has 0 fully saturated rings. The van der Waals surface area contributed by atoms with E-state index in [4.69, 9.17) is 18.9 Å². The first-order chi connectivity index (χ1) is 13.5. The Morgan fingerprint density at radius 2 is 1.54 bits per heavy atom. The molecule has 0 bridgehead atoms. The number of benzene rings is 2. The number of carbonyl (C=O) groups is 3. The number of ether oxygens (including phenoxy) is 4. The summed E-state index contributed by atoms with van der Waals surface area (Å²) in [6.45, 7) is 0. The predicted molar refractivity (Wildman–Crippen MR) is 98.2 cm³/mol.